The van der Waals surface area contributed by atoms with Crippen molar-refractivity contribution >= 4 is 22.6 Å². The molecule has 3 aromatic carbocycles. The zero-order valence-electron chi connectivity index (χ0n) is 19.2. The molecule has 0 N–H and O–H groups in total. The number of rotatable bonds is 7. The predicted molar refractivity (Wildman–Crippen MR) is 132 cm³/mol. The summed E-state index contributed by atoms with van der Waals surface area (Å²) in [5.41, 5.74) is 5.46. The molecule has 5 rings (SSSR count). The molecule has 0 saturated carbocycles. The van der Waals surface area contributed by atoms with E-state index >= 15 is 0 Å². The van der Waals surface area contributed by atoms with E-state index in [9.17, 15) is 4.79 Å². The number of nitrogens with zero attached hydrogens (tertiary/aromatic N) is 3. The summed E-state index contributed by atoms with van der Waals surface area (Å²) >= 11 is 0. The van der Waals surface area contributed by atoms with E-state index in [0.29, 0.717) is 26.1 Å². The Kier molecular flexibility index (Phi) is 5.86. The van der Waals surface area contributed by atoms with E-state index in [4.69, 9.17) is 9.72 Å². The van der Waals surface area contributed by atoms with Crippen LogP contribution in [0.4, 0.5) is 5.69 Å². The highest BCUT2D eigenvalue weighted by molar-refractivity contribution is 5.96. The lowest BCUT2D eigenvalue weighted by atomic mass is 10.1. The summed E-state index contributed by atoms with van der Waals surface area (Å²) in [6, 6.07) is 24.6. The second-order valence-corrected chi connectivity index (χ2v) is 8.70. The number of carbonyl (C=O) groups is 1. The summed E-state index contributed by atoms with van der Waals surface area (Å²) < 4.78 is 8.26. The molecule has 1 saturated heterocycles. The second kappa shape index (κ2) is 9.10. The van der Waals surface area contributed by atoms with Crippen LogP contribution in [-0.4, -0.2) is 28.6 Å². The SMILES string of the molecule is CCc1ccc(N2C[C@H](c3nc4ccccc4n3CCOc3cccc(C)c3)CC2=O)cc1. The first-order valence-electron chi connectivity index (χ1n) is 11.7. The van der Waals surface area contributed by atoms with Crippen LogP contribution in [0.2, 0.25) is 0 Å². The van der Waals surface area contributed by atoms with Gasteiger partial charge in [-0.05, 0) is 60.9 Å². The molecule has 1 fully saturated rings. The van der Waals surface area contributed by atoms with E-state index in [-0.39, 0.29) is 11.8 Å². The molecule has 33 heavy (non-hydrogen) atoms. The van der Waals surface area contributed by atoms with Gasteiger partial charge >= 0.3 is 0 Å². The first-order chi connectivity index (χ1) is 16.1. The van der Waals surface area contributed by atoms with Crippen LogP contribution in [0, 0.1) is 6.92 Å². The van der Waals surface area contributed by atoms with Crippen LogP contribution in [0.1, 0.15) is 36.2 Å². The van der Waals surface area contributed by atoms with E-state index < -0.39 is 0 Å². The third kappa shape index (κ3) is 4.36. The quantitative estimate of drug-likeness (QED) is 0.382. The number of carbonyl (C=O) groups excluding carboxylic acids is 1. The molecular formula is C28H29N3O2. The molecule has 1 aliphatic rings. The molecule has 1 amide bonds. The van der Waals surface area contributed by atoms with Crippen LogP contribution in [-0.2, 0) is 17.8 Å². The van der Waals surface area contributed by atoms with Crippen molar-refractivity contribution in [2.45, 2.75) is 39.2 Å². The van der Waals surface area contributed by atoms with Gasteiger partial charge in [0.1, 0.15) is 18.2 Å². The first kappa shape index (κ1) is 21.3. The number of anilines is 1. The molecular weight excluding hydrogens is 410 g/mol. The normalized spacial score (nSPS) is 16.0. The van der Waals surface area contributed by atoms with Crippen molar-refractivity contribution in [2.24, 2.45) is 0 Å². The maximum absolute atomic E-state index is 12.9. The minimum atomic E-state index is 0.0507. The lowest BCUT2D eigenvalue weighted by Crippen LogP contribution is -2.24. The van der Waals surface area contributed by atoms with Crippen molar-refractivity contribution in [1.29, 1.82) is 0 Å². The third-order valence-electron chi connectivity index (χ3n) is 6.40. The van der Waals surface area contributed by atoms with Crippen LogP contribution in [0.25, 0.3) is 11.0 Å². The average Bonchev–Trinajstić information content (AvgIpc) is 3.40. The number of para-hydroxylation sites is 2. The molecule has 0 radical (unpaired) electrons. The van der Waals surface area contributed by atoms with Gasteiger partial charge in [0, 0.05) is 24.6 Å². The molecule has 0 aliphatic carbocycles. The first-order valence-corrected chi connectivity index (χ1v) is 11.7. The number of hydrogen-bond donors (Lipinski definition) is 0. The summed E-state index contributed by atoms with van der Waals surface area (Å²) in [6.07, 6.45) is 1.46. The lowest BCUT2D eigenvalue weighted by molar-refractivity contribution is -0.117. The number of benzene rings is 3. The molecule has 0 unspecified atom stereocenters. The number of ether oxygens (including phenoxy) is 1. The molecule has 4 aromatic rings. The molecule has 5 heteroatoms. The molecule has 168 valence electrons. The number of amides is 1. The predicted octanol–water partition coefficient (Wildman–Crippen LogP) is 5.51. The average molecular weight is 440 g/mol. The maximum atomic E-state index is 12.9. The van der Waals surface area contributed by atoms with Gasteiger partial charge in [-0.15, -0.1) is 0 Å². The van der Waals surface area contributed by atoms with Crippen molar-refractivity contribution < 1.29 is 9.53 Å². The van der Waals surface area contributed by atoms with Crippen molar-refractivity contribution in [3.8, 4) is 5.75 Å². The summed E-state index contributed by atoms with van der Waals surface area (Å²) in [5.74, 6) is 2.04. The van der Waals surface area contributed by atoms with Crippen LogP contribution < -0.4 is 9.64 Å². The van der Waals surface area contributed by atoms with Gasteiger partial charge in [0.25, 0.3) is 0 Å². The highest BCUT2D eigenvalue weighted by atomic mass is 16.5. The van der Waals surface area contributed by atoms with Crippen LogP contribution in [0.3, 0.4) is 0 Å². The summed E-state index contributed by atoms with van der Waals surface area (Å²) in [5, 5.41) is 0. The van der Waals surface area contributed by atoms with Gasteiger partial charge in [0.05, 0.1) is 17.6 Å². The van der Waals surface area contributed by atoms with E-state index in [2.05, 4.69) is 54.8 Å². The van der Waals surface area contributed by atoms with Gasteiger partial charge in [0.15, 0.2) is 0 Å². The van der Waals surface area contributed by atoms with E-state index in [1.807, 2.05) is 41.3 Å². The molecule has 0 spiro atoms. The van der Waals surface area contributed by atoms with Crippen LogP contribution in [0.5, 0.6) is 5.75 Å². The monoisotopic (exact) mass is 439 g/mol. The number of fused-ring (bicyclic) bond motifs is 1. The van der Waals surface area contributed by atoms with Gasteiger partial charge in [-0.1, -0.05) is 43.3 Å². The number of aryl methyl sites for hydroxylation is 2. The lowest BCUT2D eigenvalue weighted by Gasteiger charge is -2.18. The van der Waals surface area contributed by atoms with E-state index in [1.165, 1.54) is 11.1 Å². The van der Waals surface area contributed by atoms with E-state index in [0.717, 1.165) is 34.7 Å². The Labute approximate surface area is 194 Å². The Morgan fingerprint density at radius 3 is 2.64 bits per heavy atom. The maximum Gasteiger partial charge on any atom is 0.227 e. The zero-order valence-corrected chi connectivity index (χ0v) is 19.2. The number of imidazole rings is 1. The fourth-order valence-electron chi connectivity index (χ4n) is 4.64. The zero-order chi connectivity index (χ0) is 22.8. The molecule has 0 bridgehead atoms. The Bertz CT molecular complexity index is 1280. The van der Waals surface area contributed by atoms with Crippen LogP contribution >= 0.6 is 0 Å². The van der Waals surface area contributed by atoms with Gasteiger partial charge in [-0.2, -0.15) is 0 Å². The molecule has 1 aromatic heterocycles. The van der Waals surface area contributed by atoms with Crippen LogP contribution in [0.15, 0.2) is 72.8 Å². The van der Waals surface area contributed by atoms with Crippen molar-refractivity contribution in [2.75, 3.05) is 18.1 Å². The highest BCUT2D eigenvalue weighted by Gasteiger charge is 2.34. The molecule has 1 aliphatic heterocycles. The van der Waals surface area contributed by atoms with Gasteiger partial charge < -0.3 is 14.2 Å². The fourth-order valence-corrected chi connectivity index (χ4v) is 4.64. The summed E-state index contributed by atoms with van der Waals surface area (Å²) in [7, 11) is 0. The number of hydrogen-bond acceptors (Lipinski definition) is 3. The largest absolute Gasteiger partial charge is 0.492 e. The molecule has 5 nitrogen and oxygen atoms in total. The summed E-state index contributed by atoms with van der Waals surface area (Å²) in [4.78, 5) is 19.8. The second-order valence-electron chi connectivity index (χ2n) is 8.70. The highest BCUT2D eigenvalue weighted by Crippen LogP contribution is 2.33. The topological polar surface area (TPSA) is 47.4 Å². The fraction of sp³-hybridized carbons (Fsp3) is 0.286. The standard InChI is InChI=1S/C28H29N3O2/c1-3-21-11-13-23(14-12-21)31-19-22(18-27(31)32)28-29-25-9-4-5-10-26(25)30(28)15-16-33-24-8-6-7-20(2)17-24/h4-14,17,22H,3,15-16,18-19H2,1-2H3/t22-/m1/s1. The van der Waals surface area contributed by atoms with Gasteiger partial charge in [-0.3, -0.25) is 4.79 Å². The Morgan fingerprint density at radius 2 is 1.85 bits per heavy atom. The Balaban J connectivity index is 1.39. The molecule has 1 atom stereocenters. The van der Waals surface area contributed by atoms with Crippen molar-refractivity contribution in [1.82, 2.24) is 9.55 Å². The van der Waals surface area contributed by atoms with Gasteiger partial charge in [0.2, 0.25) is 5.91 Å². The molecule has 2 heterocycles. The van der Waals surface area contributed by atoms with E-state index in [1.54, 1.807) is 0 Å². The smallest absolute Gasteiger partial charge is 0.227 e. The Morgan fingerprint density at radius 1 is 1.03 bits per heavy atom. The number of aromatic nitrogens is 2. The third-order valence-corrected chi connectivity index (χ3v) is 6.40. The van der Waals surface area contributed by atoms with Crippen molar-refractivity contribution in [3.05, 3.63) is 89.7 Å². The minimum Gasteiger partial charge on any atom is -0.492 e. The summed E-state index contributed by atoms with van der Waals surface area (Å²) in [6.45, 7) is 6.07. The van der Waals surface area contributed by atoms with Gasteiger partial charge in [-0.25, -0.2) is 4.98 Å². The minimum absolute atomic E-state index is 0.0507. The Hall–Kier alpha value is -3.60. The van der Waals surface area contributed by atoms with Crippen molar-refractivity contribution in [3.63, 3.8) is 0 Å².